The summed E-state index contributed by atoms with van der Waals surface area (Å²) in [4.78, 5) is 2.64. The Kier molecular flexibility index (Phi) is 4.64. The van der Waals surface area contributed by atoms with Gasteiger partial charge < -0.3 is 5.32 Å². The highest BCUT2D eigenvalue weighted by molar-refractivity contribution is 5.22. The molecule has 19 heavy (non-hydrogen) atoms. The fourth-order valence-corrected chi connectivity index (χ4v) is 2.93. The van der Waals surface area contributed by atoms with E-state index < -0.39 is 0 Å². The molecule has 0 aliphatic carbocycles. The highest BCUT2D eigenvalue weighted by Crippen LogP contribution is 2.23. The summed E-state index contributed by atoms with van der Waals surface area (Å²) in [5, 5.41) is 3.70. The normalized spacial score (nSPS) is 23.5. The number of aryl methyl sites for hydroxylation is 1. The summed E-state index contributed by atoms with van der Waals surface area (Å²) in [6, 6.07) is 9.56. The predicted octanol–water partition coefficient (Wildman–Crippen LogP) is 3.35. The van der Waals surface area contributed by atoms with Crippen LogP contribution in [-0.2, 0) is 6.54 Å². The minimum absolute atomic E-state index is 0.244. The molecule has 2 rings (SSSR count). The summed E-state index contributed by atoms with van der Waals surface area (Å²) in [7, 11) is 0. The van der Waals surface area contributed by atoms with Gasteiger partial charge in [0.25, 0.3) is 0 Å². The van der Waals surface area contributed by atoms with E-state index in [1.54, 1.807) is 0 Å². The van der Waals surface area contributed by atoms with E-state index in [1.165, 1.54) is 24.0 Å². The van der Waals surface area contributed by atoms with Crippen LogP contribution in [0.25, 0.3) is 0 Å². The van der Waals surface area contributed by atoms with E-state index in [-0.39, 0.29) is 5.54 Å². The molecule has 0 radical (unpaired) electrons. The van der Waals surface area contributed by atoms with Crippen molar-refractivity contribution < 1.29 is 0 Å². The third-order valence-corrected chi connectivity index (χ3v) is 4.21. The SMILES string of the molecule is CCCC1CN(Cc2cccc(C)c2)C(C)(C)CN1. The van der Waals surface area contributed by atoms with Crippen molar-refractivity contribution in [2.45, 2.75) is 58.7 Å². The molecule has 2 heteroatoms. The zero-order valence-electron chi connectivity index (χ0n) is 12.9. The van der Waals surface area contributed by atoms with E-state index in [0.29, 0.717) is 6.04 Å². The largest absolute Gasteiger partial charge is 0.311 e. The molecule has 106 valence electrons. The number of nitrogens with zero attached hydrogens (tertiary/aromatic N) is 1. The Bertz CT molecular complexity index is 411. The highest BCUT2D eigenvalue weighted by Gasteiger charge is 2.33. The lowest BCUT2D eigenvalue weighted by Gasteiger charge is -2.46. The molecule has 1 aromatic carbocycles. The molecule has 1 aromatic rings. The van der Waals surface area contributed by atoms with Crippen molar-refractivity contribution in [2.24, 2.45) is 0 Å². The Morgan fingerprint density at radius 1 is 1.37 bits per heavy atom. The number of piperazine rings is 1. The number of rotatable bonds is 4. The molecule has 0 spiro atoms. The third kappa shape index (κ3) is 3.80. The van der Waals surface area contributed by atoms with Gasteiger partial charge in [-0.3, -0.25) is 4.90 Å². The van der Waals surface area contributed by atoms with Gasteiger partial charge in [0.05, 0.1) is 0 Å². The van der Waals surface area contributed by atoms with Crippen LogP contribution in [0.15, 0.2) is 24.3 Å². The molecule has 0 bridgehead atoms. The first-order chi connectivity index (χ1) is 9.01. The molecule has 1 heterocycles. The molecule has 1 N–H and O–H groups in total. The monoisotopic (exact) mass is 260 g/mol. The summed E-state index contributed by atoms with van der Waals surface area (Å²) in [5.74, 6) is 0. The number of hydrogen-bond acceptors (Lipinski definition) is 2. The van der Waals surface area contributed by atoms with Crippen LogP contribution >= 0.6 is 0 Å². The molecule has 2 nitrogen and oxygen atoms in total. The average molecular weight is 260 g/mol. The molecular weight excluding hydrogens is 232 g/mol. The van der Waals surface area contributed by atoms with Crippen molar-refractivity contribution in [1.82, 2.24) is 10.2 Å². The van der Waals surface area contributed by atoms with E-state index in [2.05, 4.69) is 62.2 Å². The quantitative estimate of drug-likeness (QED) is 0.893. The second-order valence-electron chi connectivity index (χ2n) is 6.55. The summed E-state index contributed by atoms with van der Waals surface area (Å²) in [6.45, 7) is 12.4. The Morgan fingerprint density at radius 3 is 2.84 bits per heavy atom. The smallest absolute Gasteiger partial charge is 0.0281 e. The van der Waals surface area contributed by atoms with E-state index >= 15 is 0 Å². The van der Waals surface area contributed by atoms with Crippen molar-refractivity contribution >= 4 is 0 Å². The van der Waals surface area contributed by atoms with Crippen LogP contribution in [0.3, 0.4) is 0 Å². The van der Waals surface area contributed by atoms with Crippen LogP contribution in [-0.4, -0.2) is 29.6 Å². The van der Waals surface area contributed by atoms with Crippen LogP contribution in [0.5, 0.6) is 0 Å². The van der Waals surface area contributed by atoms with Crippen LogP contribution in [0.1, 0.15) is 44.7 Å². The molecule has 0 saturated carbocycles. The van der Waals surface area contributed by atoms with Gasteiger partial charge in [0.1, 0.15) is 0 Å². The van der Waals surface area contributed by atoms with E-state index in [0.717, 1.165) is 19.6 Å². The third-order valence-electron chi connectivity index (χ3n) is 4.21. The Morgan fingerprint density at radius 2 is 2.16 bits per heavy atom. The second-order valence-corrected chi connectivity index (χ2v) is 6.55. The van der Waals surface area contributed by atoms with Gasteiger partial charge in [-0.25, -0.2) is 0 Å². The zero-order chi connectivity index (χ0) is 13.9. The van der Waals surface area contributed by atoms with Gasteiger partial charge in [0.2, 0.25) is 0 Å². The Balaban J connectivity index is 2.06. The lowest BCUT2D eigenvalue weighted by atomic mass is 9.95. The maximum Gasteiger partial charge on any atom is 0.0281 e. The molecule has 1 unspecified atom stereocenters. The van der Waals surface area contributed by atoms with E-state index in [1.807, 2.05) is 0 Å². The van der Waals surface area contributed by atoms with Crippen molar-refractivity contribution in [3.05, 3.63) is 35.4 Å². The predicted molar refractivity (Wildman–Crippen MR) is 82.4 cm³/mol. The summed E-state index contributed by atoms with van der Waals surface area (Å²) >= 11 is 0. The van der Waals surface area contributed by atoms with Crippen molar-refractivity contribution in [1.29, 1.82) is 0 Å². The first-order valence-electron chi connectivity index (χ1n) is 7.55. The van der Waals surface area contributed by atoms with Crippen molar-refractivity contribution in [3.63, 3.8) is 0 Å². The minimum atomic E-state index is 0.244. The molecule has 1 atom stereocenters. The zero-order valence-corrected chi connectivity index (χ0v) is 12.9. The van der Waals surface area contributed by atoms with E-state index in [9.17, 15) is 0 Å². The van der Waals surface area contributed by atoms with Crippen molar-refractivity contribution in [3.8, 4) is 0 Å². The second kappa shape index (κ2) is 6.06. The van der Waals surface area contributed by atoms with Gasteiger partial charge >= 0.3 is 0 Å². The lowest BCUT2D eigenvalue weighted by Crippen LogP contribution is -2.61. The number of benzene rings is 1. The summed E-state index contributed by atoms with van der Waals surface area (Å²) in [5.41, 5.74) is 3.04. The maximum absolute atomic E-state index is 3.70. The van der Waals surface area contributed by atoms with Crippen molar-refractivity contribution in [2.75, 3.05) is 13.1 Å². The van der Waals surface area contributed by atoms with Gasteiger partial charge in [-0.2, -0.15) is 0 Å². The maximum atomic E-state index is 3.70. The lowest BCUT2D eigenvalue weighted by molar-refractivity contribution is 0.0563. The van der Waals surface area contributed by atoms with Crippen LogP contribution in [0.2, 0.25) is 0 Å². The molecule has 0 amide bonds. The fourth-order valence-electron chi connectivity index (χ4n) is 2.93. The first kappa shape index (κ1) is 14.5. The first-order valence-corrected chi connectivity index (χ1v) is 7.55. The standard InChI is InChI=1S/C17H28N2/c1-5-7-16-12-19(17(3,4)13-18-16)11-15-9-6-8-14(2)10-15/h6,8-10,16,18H,5,7,11-13H2,1-4H3. The molecule has 1 fully saturated rings. The van der Waals surface area contributed by atoms with Crippen LogP contribution in [0, 0.1) is 6.92 Å². The van der Waals surface area contributed by atoms with Gasteiger partial charge in [-0.05, 0) is 32.8 Å². The topological polar surface area (TPSA) is 15.3 Å². The number of hydrogen-bond donors (Lipinski definition) is 1. The fraction of sp³-hybridized carbons (Fsp3) is 0.647. The van der Waals surface area contributed by atoms with Gasteiger partial charge in [-0.1, -0.05) is 43.2 Å². The molecule has 0 aromatic heterocycles. The van der Waals surface area contributed by atoms with Crippen LogP contribution in [0.4, 0.5) is 0 Å². The van der Waals surface area contributed by atoms with Crippen LogP contribution < -0.4 is 5.32 Å². The minimum Gasteiger partial charge on any atom is -0.311 e. The Labute approximate surface area is 118 Å². The average Bonchev–Trinajstić information content (AvgIpc) is 2.34. The Hall–Kier alpha value is -0.860. The van der Waals surface area contributed by atoms with Gasteiger partial charge in [0.15, 0.2) is 0 Å². The molecular formula is C17H28N2. The highest BCUT2D eigenvalue weighted by atomic mass is 15.3. The number of nitrogens with one attached hydrogen (secondary N) is 1. The van der Waals surface area contributed by atoms with Gasteiger partial charge in [-0.15, -0.1) is 0 Å². The molecule has 1 aliphatic heterocycles. The summed E-state index contributed by atoms with van der Waals surface area (Å²) < 4.78 is 0. The van der Waals surface area contributed by atoms with E-state index in [4.69, 9.17) is 0 Å². The molecule has 1 saturated heterocycles. The summed E-state index contributed by atoms with van der Waals surface area (Å²) in [6.07, 6.45) is 2.54. The molecule has 1 aliphatic rings. The van der Waals surface area contributed by atoms with Gasteiger partial charge in [0, 0.05) is 31.2 Å².